The summed E-state index contributed by atoms with van der Waals surface area (Å²) in [4.78, 5) is 5.77. The van der Waals surface area contributed by atoms with Gasteiger partial charge in [0.25, 0.3) is 0 Å². The minimum absolute atomic E-state index is 0.404. The van der Waals surface area contributed by atoms with Crippen molar-refractivity contribution in [3.8, 4) is 0 Å². The highest BCUT2D eigenvalue weighted by Crippen LogP contribution is 2.29. The third-order valence-electron chi connectivity index (χ3n) is 3.49. The van der Waals surface area contributed by atoms with Crippen molar-refractivity contribution in [2.75, 3.05) is 27.2 Å². The molecule has 0 saturated carbocycles. The first-order valence-electron chi connectivity index (χ1n) is 6.59. The lowest BCUT2D eigenvalue weighted by molar-refractivity contribution is 0.291. The maximum atomic E-state index is 3.48. The molecule has 1 aromatic heterocycles. The zero-order valence-electron chi connectivity index (χ0n) is 11.7. The normalized spacial score (nSPS) is 13.4. The van der Waals surface area contributed by atoms with Crippen LogP contribution in [0.1, 0.15) is 24.2 Å². The maximum Gasteiger partial charge on any atom is 0.0490 e. The lowest BCUT2D eigenvalue weighted by Crippen LogP contribution is -2.31. The fraction of sp³-hybridized carbons (Fsp3) is 0.467. The number of nitrogens with one attached hydrogen (secondary N) is 2. The minimum atomic E-state index is 0.404. The van der Waals surface area contributed by atoms with Gasteiger partial charge in [-0.3, -0.25) is 0 Å². The topological polar surface area (TPSA) is 31.1 Å². The molecule has 0 fully saturated rings. The van der Waals surface area contributed by atoms with Crippen LogP contribution in [0.2, 0.25) is 0 Å². The number of likely N-dealkylation sites (N-methyl/N-ethyl adjacent to an activating group) is 2. The fourth-order valence-electron chi connectivity index (χ4n) is 2.55. The molecule has 3 nitrogen and oxygen atoms in total. The molecule has 0 saturated heterocycles. The van der Waals surface area contributed by atoms with E-state index < -0.39 is 0 Å². The lowest BCUT2D eigenvalue weighted by Gasteiger charge is -2.25. The Labute approximate surface area is 109 Å². The van der Waals surface area contributed by atoms with Crippen LogP contribution in [0.4, 0.5) is 0 Å². The molecule has 1 atom stereocenters. The molecule has 0 aliphatic carbocycles. The number of para-hydroxylation sites is 1. The molecule has 0 radical (unpaired) electrons. The van der Waals surface area contributed by atoms with E-state index in [1.807, 2.05) is 0 Å². The van der Waals surface area contributed by atoms with E-state index in [-0.39, 0.29) is 0 Å². The summed E-state index contributed by atoms with van der Waals surface area (Å²) in [6, 6.07) is 8.94. The molecule has 98 valence electrons. The summed E-state index contributed by atoms with van der Waals surface area (Å²) in [5.74, 6) is 0. The minimum Gasteiger partial charge on any atom is -0.358 e. The number of benzene rings is 1. The molecule has 2 N–H and O–H groups in total. The van der Waals surface area contributed by atoms with E-state index in [1.54, 1.807) is 0 Å². The summed E-state index contributed by atoms with van der Waals surface area (Å²) in [6.45, 7) is 6.30. The van der Waals surface area contributed by atoms with Gasteiger partial charge in [-0.25, -0.2) is 0 Å². The number of nitrogens with zero attached hydrogens (tertiary/aromatic N) is 1. The first-order chi connectivity index (χ1) is 8.65. The number of aromatic nitrogens is 1. The Bertz CT molecular complexity index is 513. The van der Waals surface area contributed by atoms with Gasteiger partial charge in [-0.15, -0.1) is 0 Å². The van der Waals surface area contributed by atoms with Crippen LogP contribution in [0.25, 0.3) is 10.9 Å². The Morgan fingerprint density at radius 3 is 2.67 bits per heavy atom. The predicted octanol–water partition coefficient (Wildman–Crippen LogP) is 2.69. The molecule has 1 heterocycles. The summed E-state index contributed by atoms with van der Waals surface area (Å²) in [5.41, 5.74) is 3.91. The zero-order valence-corrected chi connectivity index (χ0v) is 11.7. The van der Waals surface area contributed by atoms with Crippen molar-refractivity contribution in [2.45, 2.75) is 19.9 Å². The lowest BCUT2D eigenvalue weighted by atomic mass is 10.0. The number of aryl methyl sites for hydroxylation is 1. The molecule has 18 heavy (non-hydrogen) atoms. The molecular formula is C15H23N3. The van der Waals surface area contributed by atoms with Crippen molar-refractivity contribution in [3.63, 3.8) is 0 Å². The van der Waals surface area contributed by atoms with Crippen molar-refractivity contribution in [1.29, 1.82) is 0 Å². The van der Waals surface area contributed by atoms with Gasteiger partial charge in [0.15, 0.2) is 0 Å². The van der Waals surface area contributed by atoms with Gasteiger partial charge in [0.1, 0.15) is 0 Å². The Morgan fingerprint density at radius 1 is 1.28 bits per heavy atom. The molecule has 3 heteroatoms. The van der Waals surface area contributed by atoms with E-state index >= 15 is 0 Å². The third-order valence-corrected chi connectivity index (χ3v) is 3.49. The molecule has 1 unspecified atom stereocenters. The average Bonchev–Trinajstić information content (AvgIpc) is 2.66. The summed E-state index contributed by atoms with van der Waals surface area (Å²) >= 11 is 0. The van der Waals surface area contributed by atoms with E-state index in [1.165, 1.54) is 22.2 Å². The van der Waals surface area contributed by atoms with Crippen LogP contribution in [-0.2, 0) is 0 Å². The molecule has 2 aromatic rings. The predicted molar refractivity (Wildman–Crippen MR) is 78.0 cm³/mol. The van der Waals surface area contributed by atoms with Crippen LogP contribution in [0, 0.1) is 6.92 Å². The largest absolute Gasteiger partial charge is 0.358 e. The molecule has 0 spiro atoms. The van der Waals surface area contributed by atoms with Crippen LogP contribution in [0.3, 0.4) is 0 Å². The van der Waals surface area contributed by atoms with Crippen LogP contribution in [0.5, 0.6) is 0 Å². The highest BCUT2D eigenvalue weighted by Gasteiger charge is 2.20. The number of hydrogen-bond donors (Lipinski definition) is 2. The SMILES string of the molecule is CCNCC(c1c(C)[nH]c2ccccc12)N(C)C. The molecule has 0 aliphatic rings. The van der Waals surface area contributed by atoms with Crippen LogP contribution < -0.4 is 5.32 Å². The standard InChI is InChI=1S/C15H23N3/c1-5-16-10-14(18(3)4)15-11(2)17-13-9-7-6-8-12(13)15/h6-9,14,16-17H,5,10H2,1-4H3. The highest BCUT2D eigenvalue weighted by atomic mass is 15.1. The van der Waals surface area contributed by atoms with Crippen molar-refractivity contribution < 1.29 is 0 Å². The molecule has 0 bridgehead atoms. The van der Waals surface area contributed by atoms with Gasteiger partial charge in [-0.05, 0) is 39.2 Å². The third kappa shape index (κ3) is 2.42. The highest BCUT2D eigenvalue weighted by molar-refractivity contribution is 5.85. The average molecular weight is 245 g/mol. The Kier molecular flexibility index (Phi) is 4.04. The first-order valence-corrected chi connectivity index (χ1v) is 6.59. The van der Waals surface area contributed by atoms with Crippen LogP contribution in [0.15, 0.2) is 24.3 Å². The molecule has 1 aromatic carbocycles. The molecular weight excluding hydrogens is 222 g/mol. The van der Waals surface area contributed by atoms with E-state index in [9.17, 15) is 0 Å². The summed E-state index contributed by atoms with van der Waals surface area (Å²) in [7, 11) is 4.28. The van der Waals surface area contributed by atoms with Gasteiger partial charge in [0.2, 0.25) is 0 Å². The van der Waals surface area contributed by atoms with Crippen LogP contribution in [-0.4, -0.2) is 37.1 Å². The second kappa shape index (κ2) is 5.55. The number of fused-ring (bicyclic) bond motifs is 1. The number of rotatable bonds is 5. The zero-order chi connectivity index (χ0) is 13.1. The Hall–Kier alpha value is -1.32. The van der Waals surface area contributed by atoms with Crippen molar-refractivity contribution in [2.24, 2.45) is 0 Å². The molecule has 0 aliphatic heterocycles. The second-order valence-corrected chi connectivity index (χ2v) is 5.00. The van der Waals surface area contributed by atoms with Gasteiger partial charge in [-0.1, -0.05) is 25.1 Å². The molecule has 2 rings (SSSR count). The summed E-state index contributed by atoms with van der Waals surface area (Å²) in [5, 5.41) is 4.79. The van der Waals surface area contributed by atoms with Crippen molar-refractivity contribution in [1.82, 2.24) is 15.2 Å². The van der Waals surface area contributed by atoms with Gasteiger partial charge < -0.3 is 15.2 Å². The smallest absolute Gasteiger partial charge is 0.0490 e. The fourth-order valence-corrected chi connectivity index (χ4v) is 2.55. The van der Waals surface area contributed by atoms with Crippen LogP contribution >= 0.6 is 0 Å². The number of hydrogen-bond acceptors (Lipinski definition) is 2. The van der Waals surface area contributed by atoms with E-state index in [0.717, 1.165) is 13.1 Å². The van der Waals surface area contributed by atoms with Gasteiger partial charge >= 0.3 is 0 Å². The monoisotopic (exact) mass is 245 g/mol. The summed E-state index contributed by atoms with van der Waals surface area (Å²) < 4.78 is 0. The van der Waals surface area contributed by atoms with E-state index in [2.05, 4.69) is 67.4 Å². The number of aromatic amines is 1. The van der Waals surface area contributed by atoms with Gasteiger partial charge in [0, 0.05) is 29.2 Å². The van der Waals surface area contributed by atoms with Crippen molar-refractivity contribution >= 4 is 10.9 Å². The first kappa shape index (κ1) is 13.1. The summed E-state index contributed by atoms with van der Waals surface area (Å²) in [6.07, 6.45) is 0. The van der Waals surface area contributed by atoms with E-state index in [4.69, 9.17) is 0 Å². The second-order valence-electron chi connectivity index (χ2n) is 5.00. The van der Waals surface area contributed by atoms with Gasteiger partial charge in [-0.2, -0.15) is 0 Å². The number of H-pyrrole nitrogens is 1. The van der Waals surface area contributed by atoms with Crippen molar-refractivity contribution in [3.05, 3.63) is 35.5 Å². The maximum absolute atomic E-state index is 3.48. The Balaban J connectivity index is 2.46. The Morgan fingerprint density at radius 2 is 2.00 bits per heavy atom. The van der Waals surface area contributed by atoms with Gasteiger partial charge in [0.05, 0.1) is 0 Å². The van der Waals surface area contributed by atoms with E-state index in [0.29, 0.717) is 6.04 Å². The molecule has 0 amide bonds. The quantitative estimate of drug-likeness (QED) is 0.848.